The van der Waals surface area contributed by atoms with Gasteiger partial charge in [-0.1, -0.05) is 0 Å². The molecule has 15 heteroatoms. The van der Waals surface area contributed by atoms with E-state index in [1.807, 2.05) is 0 Å². The maximum atomic E-state index is 13.1. The van der Waals surface area contributed by atoms with Gasteiger partial charge in [-0.2, -0.15) is 0 Å². The molecule has 0 saturated heterocycles. The summed E-state index contributed by atoms with van der Waals surface area (Å²) in [4.78, 5) is -1.02. The second-order valence-electron chi connectivity index (χ2n) is 5.13. The van der Waals surface area contributed by atoms with Crippen LogP contribution in [0.2, 0.25) is 0 Å². The zero-order chi connectivity index (χ0) is 22.0. The third kappa shape index (κ3) is 7.49. The number of halogens is 7. The number of benzene rings is 2. The molecule has 161 valence electrons. The Bertz CT molecular complexity index is 1070. The van der Waals surface area contributed by atoms with E-state index in [2.05, 4.69) is 31.9 Å². The van der Waals surface area contributed by atoms with Crippen molar-refractivity contribution in [1.29, 1.82) is 0 Å². The summed E-state index contributed by atoms with van der Waals surface area (Å²) in [7, 11) is -0.451. The van der Waals surface area contributed by atoms with Crippen LogP contribution in [-0.4, -0.2) is 35.2 Å². The van der Waals surface area contributed by atoms with E-state index in [9.17, 15) is 34.4 Å². The van der Waals surface area contributed by atoms with Crippen molar-refractivity contribution in [2.45, 2.75) is 9.79 Å². The Labute approximate surface area is 198 Å². The Hall–Kier alpha value is -0.146. The van der Waals surface area contributed by atoms with Crippen molar-refractivity contribution in [3.05, 3.63) is 56.5 Å². The van der Waals surface area contributed by atoms with Crippen LogP contribution in [0.4, 0.5) is 17.6 Å². The molecule has 0 aliphatic heterocycles. The van der Waals surface area contributed by atoms with Gasteiger partial charge in [0.25, 0.3) is 9.05 Å². The van der Waals surface area contributed by atoms with Gasteiger partial charge in [-0.3, -0.25) is 0 Å². The van der Waals surface area contributed by atoms with Crippen molar-refractivity contribution >= 4 is 61.6 Å². The molecule has 2 rings (SSSR count). The normalized spacial score (nSPS) is 11.5. The standard InChI is InChI=1S/C8H8BrF2NO2S.C6H2BrClF2O2S.V/c1-12(2)15(13,14)5-3-6(10)8(9)7(11)4-5;7-6-4(9)1-3(2-5(6)10)13(8,11)12;/h3-4H,1-2H3;1-2H;. The second kappa shape index (κ2) is 10.9. The van der Waals surface area contributed by atoms with E-state index >= 15 is 0 Å². The molecule has 1 radical (unpaired) electrons. The van der Waals surface area contributed by atoms with Gasteiger partial charge in [0.1, 0.15) is 23.3 Å². The number of hydrogen-bond donors (Lipinski definition) is 0. The maximum absolute atomic E-state index is 13.1. The fourth-order valence-corrected chi connectivity index (χ4v) is 3.71. The summed E-state index contributed by atoms with van der Waals surface area (Å²) in [5.41, 5.74) is 0. The molecule has 0 bridgehead atoms. The summed E-state index contributed by atoms with van der Waals surface area (Å²) in [6.07, 6.45) is 0. The summed E-state index contributed by atoms with van der Waals surface area (Å²) in [6, 6.07) is 2.80. The number of hydrogen-bond acceptors (Lipinski definition) is 4. The average Bonchev–Trinajstić information content (AvgIpc) is 2.56. The van der Waals surface area contributed by atoms with Crippen LogP contribution in [0.25, 0.3) is 0 Å². The first-order chi connectivity index (χ1) is 12.6. The van der Waals surface area contributed by atoms with Gasteiger partial charge in [-0.05, 0) is 56.1 Å². The van der Waals surface area contributed by atoms with Crippen molar-refractivity contribution < 1.29 is 53.0 Å². The molecule has 0 atom stereocenters. The van der Waals surface area contributed by atoms with E-state index < -0.39 is 56.6 Å². The first-order valence-electron chi connectivity index (χ1n) is 6.75. The Balaban J connectivity index is 0.000000527. The Morgan fingerprint density at radius 1 is 0.759 bits per heavy atom. The van der Waals surface area contributed by atoms with Crippen LogP contribution in [0.15, 0.2) is 43.0 Å². The van der Waals surface area contributed by atoms with E-state index in [1.54, 1.807) is 0 Å². The van der Waals surface area contributed by atoms with E-state index in [-0.39, 0.29) is 23.0 Å². The topological polar surface area (TPSA) is 71.5 Å². The average molecular weight is 643 g/mol. The summed E-state index contributed by atoms with van der Waals surface area (Å²) in [5.74, 6) is -3.93. The Kier molecular flexibility index (Phi) is 10.9. The van der Waals surface area contributed by atoms with Gasteiger partial charge in [0.05, 0.1) is 18.7 Å². The molecule has 0 spiro atoms. The van der Waals surface area contributed by atoms with E-state index in [1.165, 1.54) is 14.1 Å². The molecule has 0 saturated carbocycles. The minimum absolute atomic E-state index is 0. The molecule has 0 unspecified atom stereocenters. The fraction of sp³-hybridized carbons (Fsp3) is 0.143. The number of sulfonamides is 1. The van der Waals surface area contributed by atoms with Gasteiger partial charge in [-0.25, -0.2) is 38.7 Å². The molecule has 5 nitrogen and oxygen atoms in total. The third-order valence-corrected chi connectivity index (χ3v) is 7.62. The van der Waals surface area contributed by atoms with Gasteiger partial charge in [0.2, 0.25) is 10.0 Å². The summed E-state index contributed by atoms with van der Waals surface area (Å²) in [5, 5.41) is 0. The van der Waals surface area contributed by atoms with Crippen molar-refractivity contribution in [2.75, 3.05) is 14.1 Å². The zero-order valence-corrected chi connectivity index (χ0v) is 21.3. The van der Waals surface area contributed by atoms with Gasteiger partial charge in [-0.15, -0.1) is 0 Å². The van der Waals surface area contributed by atoms with Crippen LogP contribution in [-0.2, 0) is 37.6 Å². The van der Waals surface area contributed by atoms with Crippen LogP contribution in [0.5, 0.6) is 0 Å². The molecular formula is C14H10Br2ClF4NO4S2V. The van der Waals surface area contributed by atoms with Gasteiger partial charge in [0, 0.05) is 43.3 Å². The molecule has 0 heterocycles. The van der Waals surface area contributed by atoms with Crippen LogP contribution in [0.1, 0.15) is 0 Å². The van der Waals surface area contributed by atoms with Crippen molar-refractivity contribution in [3.63, 3.8) is 0 Å². The van der Waals surface area contributed by atoms with E-state index in [0.29, 0.717) is 12.1 Å². The van der Waals surface area contributed by atoms with Crippen molar-refractivity contribution in [1.82, 2.24) is 4.31 Å². The quantitative estimate of drug-likeness (QED) is 0.278. The minimum atomic E-state index is -4.09. The molecule has 2 aromatic rings. The first kappa shape index (κ1) is 28.9. The molecule has 29 heavy (non-hydrogen) atoms. The largest absolute Gasteiger partial charge is 0.261 e. The van der Waals surface area contributed by atoms with E-state index in [4.69, 9.17) is 10.7 Å². The van der Waals surface area contributed by atoms with Crippen LogP contribution in [0, 0.1) is 23.3 Å². The first-order valence-corrected chi connectivity index (χ1v) is 12.1. The van der Waals surface area contributed by atoms with Crippen molar-refractivity contribution in [3.8, 4) is 0 Å². The zero-order valence-electron chi connectivity index (χ0n) is 14.3. The SMILES string of the molecule is CN(C)S(=O)(=O)c1cc(F)c(Br)c(F)c1.O=S(=O)(Cl)c1cc(F)c(Br)c(F)c1.[V]. The summed E-state index contributed by atoms with van der Waals surface area (Å²) >= 11 is 5.25. The predicted octanol–water partition coefficient (Wildman–Crippen LogP) is 4.63. The minimum Gasteiger partial charge on any atom is -0.207 e. The van der Waals surface area contributed by atoms with Gasteiger partial charge >= 0.3 is 0 Å². The molecule has 0 aromatic heterocycles. The van der Waals surface area contributed by atoms with E-state index in [0.717, 1.165) is 16.4 Å². The third-order valence-electron chi connectivity index (χ3n) is 2.97. The van der Waals surface area contributed by atoms with Crippen LogP contribution in [0.3, 0.4) is 0 Å². The fourth-order valence-electron chi connectivity index (χ4n) is 1.57. The molecule has 0 fully saturated rings. The van der Waals surface area contributed by atoms with Crippen LogP contribution >= 0.6 is 42.5 Å². The molecule has 0 amide bonds. The monoisotopic (exact) mass is 640 g/mol. The predicted molar refractivity (Wildman–Crippen MR) is 102 cm³/mol. The molecule has 0 aliphatic carbocycles. The summed E-state index contributed by atoms with van der Waals surface area (Å²) in [6.45, 7) is 0. The van der Waals surface area contributed by atoms with Crippen molar-refractivity contribution in [2.24, 2.45) is 0 Å². The number of rotatable bonds is 3. The smallest absolute Gasteiger partial charge is 0.207 e. The molecule has 0 N–H and O–H groups in total. The number of nitrogens with zero attached hydrogens (tertiary/aromatic N) is 1. The summed E-state index contributed by atoms with van der Waals surface area (Å²) < 4.78 is 96.1. The van der Waals surface area contributed by atoms with Crippen LogP contribution < -0.4 is 0 Å². The Morgan fingerprint density at radius 2 is 1.03 bits per heavy atom. The second-order valence-corrected chi connectivity index (χ2v) is 11.4. The Morgan fingerprint density at radius 3 is 1.28 bits per heavy atom. The maximum Gasteiger partial charge on any atom is 0.261 e. The van der Waals surface area contributed by atoms with Gasteiger partial charge < -0.3 is 0 Å². The molecule has 0 aliphatic rings. The molecule has 2 aromatic carbocycles. The van der Waals surface area contributed by atoms with Gasteiger partial charge in [0.15, 0.2) is 0 Å². The molecular weight excluding hydrogens is 632 g/mol.